The van der Waals surface area contributed by atoms with Crippen molar-refractivity contribution >= 4 is 0 Å². The Morgan fingerprint density at radius 3 is 1.16 bits per heavy atom. The van der Waals surface area contributed by atoms with Gasteiger partial charge in [0.15, 0.2) is 0 Å². The van der Waals surface area contributed by atoms with Gasteiger partial charge in [-0.3, -0.25) is 0 Å². The van der Waals surface area contributed by atoms with Crippen molar-refractivity contribution in [1.82, 2.24) is 0 Å². The van der Waals surface area contributed by atoms with Gasteiger partial charge in [0.1, 0.15) is 0 Å². The standard InChI is InChI=1S/C23H48O2/c1-5-7-9-11-13-15-17-19-24-21-23(3,4)22-25-20-18-16-14-12-10-8-6-2/h5-22H2,1-4H3. The predicted octanol–water partition coefficient (Wildman–Crippen LogP) is 7.55. The second-order valence-corrected chi connectivity index (χ2v) is 8.51. The first-order valence-corrected chi connectivity index (χ1v) is 11.3. The second kappa shape index (κ2) is 18.7. The fraction of sp³-hybridized carbons (Fsp3) is 1.00. The van der Waals surface area contributed by atoms with Crippen LogP contribution in [0.15, 0.2) is 0 Å². The van der Waals surface area contributed by atoms with E-state index in [0.29, 0.717) is 0 Å². The predicted molar refractivity (Wildman–Crippen MR) is 111 cm³/mol. The van der Waals surface area contributed by atoms with Crippen LogP contribution in [0.2, 0.25) is 0 Å². The molecule has 0 spiro atoms. The van der Waals surface area contributed by atoms with Crippen LogP contribution >= 0.6 is 0 Å². The first kappa shape index (κ1) is 24.9. The summed E-state index contributed by atoms with van der Waals surface area (Å²) < 4.78 is 11.8. The highest BCUT2D eigenvalue weighted by Gasteiger charge is 2.18. The molecule has 0 aromatic rings. The lowest BCUT2D eigenvalue weighted by molar-refractivity contribution is -0.00512. The normalized spacial score (nSPS) is 12.0. The van der Waals surface area contributed by atoms with Crippen LogP contribution in [0.5, 0.6) is 0 Å². The van der Waals surface area contributed by atoms with Crippen molar-refractivity contribution in [1.29, 1.82) is 0 Å². The molecule has 0 aromatic carbocycles. The summed E-state index contributed by atoms with van der Waals surface area (Å²) in [6, 6.07) is 0. The van der Waals surface area contributed by atoms with Gasteiger partial charge < -0.3 is 9.47 Å². The number of ether oxygens (including phenoxy) is 2. The Bertz CT molecular complexity index is 226. The lowest BCUT2D eigenvalue weighted by atomic mass is 9.96. The van der Waals surface area contributed by atoms with E-state index in [1.54, 1.807) is 0 Å². The number of hydrogen-bond acceptors (Lipinski definition) is 2. The van der Waals surface area contributed by atoms with Gasteiger partial charge in [-0.25, -0.2) is 0 Å². The van der Waals surface area contributed by atoms with Crippen molar-refractivity contribution in [2.45, 2.75) is 118 Å². The lowest BCUT2D eigenvalue weighted by Gasteiger charge is -2.24. The lowest BCUT2D eigenvalue weighted by Crippen LogP contribution is -2.26. The second-order valence-electron chi connectivity index (χ2n) is 8.51. The molecule has 0 aromatic heterocycles. The Hall–Kier alpha value is -0.0800. The van der Waals surface area contributed by atoms with Crippen molar-refractivity contribution in [2.24, 2.45) is 5.41 Å². The van der Waals surface area contributed by atoms with Gasteiger partial charge in [-0.1, -0.05) is 105 Å². The van der Waals surface area contributed by atoms with Crippen molar-refractivity contribution in [3.63, 3.8) is 0 Å². The monoisotopic (exact) mass is 356 g/mol. The van der Waals surface area contributed by atoms with Crippen LogP contribution in [0.1, 0.15) is 118 Å². The van der Waals surface area contributed by atoms with Gasteiger partial charge in [-0.2, -0.15) is 0 Å². The topological polar surface area (TPSA) is 18.5 Å². The Balaban J connectivity index is 3.32. The minimum atomic E-state index is 0.141. The Morgan fingerprint density at radius 1 is 0.480 bits per heavy atom. The van der Waals surface area contributed by atoms with E-state index in [0.717, 1.165) is 26.4 Å². The zero-order chi connectivity index (χ0) is 18.6. The summed E-state index contributed by atoms with van der Waals surface area (Å²) in [5.74, 6) is 0. The van der Waals surface area contributed by atoms with Crippen LogP contribution in [0.25, 0.3) is 0 Å². The Labute approximate surface area is 159 Å². The van der Waals surface area contributed by atoms with Crippen LogP contribution in [0, 0.1) is 5.41 Å². The minimum absolute atomic E-state index is 0.141. The van der Waals surface area contributed by atoms with E-state index in [1.165, 1.54) is 89.9 Å². The average Bonchev–Trinajstić information content (AvgIpc) is 2.59. The Kier molecular flexibility index (Phi) is 18.6. The molecule has 152 valence electrons. The fourth-order valence-corrected chi connectivity index (χ4v) is 3.06. The quantitative estimate of drug-likeness (QED) is 0.210. The fourth-order valence-electron chi connectivity index (χ4n) is 3.06. The van der Waals surface area contributed by atoms with E-state index in [4.69, 9.17) is 9.47 Å². The largest absolute Gasteiger partial charge is 0.381 e. The molecule has 0 bridgehead atoms. The maximum Gasteiger partial charge on any atom is 0.0539 e. The molecular weight excluding hydrogens is 308 g/mol. The molecular formula is C23H48O2. The molecule has 2 nitrogen and oxygen atoms in total. The highest BCUT2D eigenvalue weighted by Crippen LogP contribution is 2.17. The van der Waals surface area contributed by atoms with Crippen molar-refractivity contribution in [3.8, 4) is 0 Å². The van der Waals surface area contributed by atoms with E-state index in [-0.39, 0.29) is 5.41 Å². The summed E-state index contributed by atoms with van der Waals surface area (Å²) in [5.41, 5.74) is 0.141. The molecule has 0 atom stereocenters. The van der Waals surface area contributed by atoms with Gasteiger partial charge >= 0.3 is 0 Å². The third-order valence-corrected chi connectivity index (χ3v) is 4.77. The first-order chi connectivity index (χ1) is 12.1. The van der Waals surface area contributed by atoms with Crippen molar-refractivity contribution < 1.29 is 9.47 Å². The molecule has 0 saturated carbocycles. The molecule has 0 fully saturated rings. The zero-order valence-electron chi connectivity index (χ0n) is 18.0. The SMILES string of the molecule is CCCCCCCCCOCC(C)(C)COCCCCCCCCC. The van der Waals surface area contributed by atoms with E-state index in [1.807, 2.05) is 0 Å². The molecule has 0 N–H and O–H groups in total. The minimum Gasteiger partial charge on any atom is -0.381 e. The number of rotatable bonds is 20. The Morgan fingerprint density at radius 2 is 0.800 bits per heavy atom. The molecule has 2 heteroatoms. The summed E-state index contributed by atoms with van der Waals surface area (Å²) in [6.45, 7) is 12.5. The van der Waals surface area contributed by atoms with Gasteiger partial charge in [0, 0.05) is 18.6 Å². The highest BCUT2D eigenvalue weighted by atomic mass is 16.5. The van der Waals surface area contributed by atoms with Gasteiger partial charge in [0.2, 0.25) is 0 Å². The molecule has 0 amide bonds. The molecule has 0 radical (unpaired) electrons. The molecule has 0 heterocycles. The van der Waals surface area contributed by atoms with Crippen molar-refractivity contribution in [2.75, 3.05) is 26.4 Å². The smallest absolute Gasteiger partial charge is 0.0539 e. The van der Waals surface area contributed by atoms with Crippen molar-refractivity contribution in [3.05, 3.63) is 0 Å². The molecule has 25 heavy (non-hydrogen) atoms. The van der Waals surface area contributed by atoms with Crippen LogP contribution in [0.3, 0.4) is 0 Å². The van der Waals surface area contributed by atoms with Gasteiger partial charge in [0.25, 0.3) is 0 Å². The number of unbranched alkanes of at least 4 members (excludes halogenated alkanes) is 12. The zero-order valence-corrected chi connectivity index (χ0v) is 18.0. The van der Waals surface area contributed by atoms with Crippen LogP contribution in [-0.4, -0.2) is 26.4 Å². The molecule has 0 saturated heterocycles. The first-order valence-electron chi connectivity index (χ1n) is 11.3. The van der Waals surface area contributed by atoms with Gasteiger partial charge in [-0.05, 0) is 12.8 Å². The van der Waals surface area contributed by atoms with E-state index in [2.05, 4.69) is 27.7 Å². The molecule has 0 aliphatic heterocycles. The van der Waals surface area contributed by atoms with Gasteiger partial charge in [0.05, 0.1) is 13.2 Å². The molecule has 0 rings (SSSR count). The summed E-state index contributed by atoms with van der Waals surface area (Å²) in [6.07, 6.45) is 18.8. The van der Waals surface area contributed by atoms with Crippen LogP contribution < -0.4 is 0 Å². The van der Waals surface area contributed by atoms with Crippen LogP contribution in [0.4, 0.5) is 0 Å². The summed E-state index contributed by atoms with van der Waals surface area (Å²) in [4.78, 5) is 0. The average molecular weight is 357 g/mol. The van der Waals surface area contributed by atoms with Gasteiger partial charge in [-0.15, -0.1) is 0 Å². The molecule has 0 aliphatic rings. The molecule has 0 unspecified atom stereocenters. The van der Waals surface area contributed by atoms with E-state index in [9.17, 15) is 0 Å². The van der Waals surface area contributed by atoms with E-state index < -0.39 is 0 Å². The third-order valence-electron chi connectivity index (χ3n) is 4.77. The van der Waals surface area contributed by atoms with E-state index >= 15 is 0 Å². The summed E-state index contributed by atoms with van der Waals surface area (Å²) in [5, 5.41) is 0. The summed E-state index contributed by atoms with van der Waals surface area (Å²) in [7, 11) is 0. The van der Waals surface area contributed by atoms with Crippen LogP contribution in [-0.2, 0) is 9.47 Å². The molecule has 0 aliphatic carbocycles. The highest BCUT2D eigenvalue weighted by molar-refractivity contribution is 4.66. The maximum atomic E-state index is 5.88. The summed E-state index contributed by atoms with van der Waals surface area (Å²) >= 11 is 0. The number of hydrogen-bond donors (Lipinski definition) is 0. The third kappa shape index (κ3) is 20.1. The maximum absolute atomic E-state index is 5.88.